The highest BCUT2D eigenvalue weighted by Gasteiger charge is 2.53. The molecule has 1 aromatic carbocycles. The lowest BCUT2D eigenvalue weighted by Crippen LogP contribution is -2.29. The molecule has 1 aliphatic carbocycles. The standard InChI is InChI=1S/C15H21Cl2N/c1-3-7-18-10-15(9-11(15)4-2)12-5-6-13(16)14(17)8-12/h5-6,8,11,18H,3-4,7,9-10H2,1-2H3. The van der Waals surface area contributed by atoms with Gasteiger partial charge in [-0.05, 0) is 43.0 Å². The molecule has 1 aliphatic rings. The lowest BCUT2D eigenvalue weighted by atomic mass is 9.92. The van der Waals surface area contributed by atoms with Crippen molar-refractivity contribution in [3.8, 4) is 0 Å². The van der Waals surface area contributed by atoms with E-state index in [9.17, 15) is 0 Å². The predicted molar refractivity (Wildman–Crippen MR) is 79.7 cm³/mol. The van der Waals surface area contributed by atoms with E-state index in [4.69, 9.17) is 23.2 Å². The fourth-order valence-corrected chi connectivity index (χ4v) is 3.18. The Morgan fingerprint density at radius 2 is 2.06 bits per heavy atom. The fraction of sp³-hybridized carbons (Fsp3) is 0.600. The molecule has 1 nitrogen and oxygen atoms in total. The fourth-order valence-electron chi connectivity index (χ4n) is 2.88. The third kappa shape index (κ3) is 2.68. The molecule has 3 heteroatoms. The summed E-state index contributed by atoms with van der Waals surface area (Å²) in [6.45, 7) is 6.60. The Bertz CT molecular complexity index is 419. The van der Waals surface area contributed by atoms with E-state index in [0.717, 1.165) is 19.0 Å². The van der Waals surface area contributed by atoms with Crippen LogP contribution in [-0.4, -0.2) is 13.1 Å². The summed E-state index contributed by atoms with van der Waals surface area (Å²) in [6.07, 6.45) is 3.67. The number of nitrogens with one attached hydrogen (secondary N) is 1. The van der Waals surface area contributed by atoms with Crippen LogP contribution < -0.4 is 5.32 Å². The molecule has 0 aromatic heterocycles. The normalized spacial score (nSPS) is 26.3. The molecular formula is C15H21Cl2N. The molecule has 0 radical (unpaired) electrons. The van der Waals surface area contributed by atoms with Crippen LogP contribution in [0.4, 0.5) is 0 Å². The Labute approximate surface area is 120 Å². The summed E-state index contributed by atoms with van der Waals surface area (Å²) in [5.41, 5.74) is 1.63. The maximum atomic E-state index is 6.15. The first-order valence-electron chi connectivity index (χ1n) is 6.80. The topological polar surface area (TPSA) is 12.0 Å². The Balaban J connectivity index is 2.17. The van der Waals surface area contributed by atoms with E-state index in [1.165, 1.54) is 24.8 Å². The van der Waals surface area contributed by atoms with Gasteiger partial charge in [0, 0.05) is 12.0 Å². The van der Waals surface area contributed by atoms with Crippen molar-refractivity contribution in [2.24, 2.45) is 5.92 Å². The van der Waals surface area contributed by atoms with Crippen molar-refractivity contribution in [1.82, 2.24) is 5.32 Å². The van der Waals surface area contributed by atoms with E-state index in [1.54, 1.807) is 0 Å². The van der Waals surface area contributed by atoms with Crippen LogP contribution in [0.15, 0.2) is 18.2 Å². The van der Waals surface area contributed by atoms with Crippen molar-refractivity contribution in [1.29, 1.82) is 0 Å². The lowest BCUT2D eigenvalue weighted by Gasteiger charge is -2.19. The summed E-state index contributed by atoms with van der Waals surface area (Å²) in [5.74, 6) is 0.777. The Hall–Kier alpha value is -0.240. The molecule has 2 rings (SSSR count). The van der Waals surface area contributed by atoms with Gasteiger partial charge in [-0.3, -0.25) is 0 Å². The van der Waals surface area contributed by atoms with Crippen molar-refractivity contribution in [2.45, 2.75) is 38.5 Å². The molecule has 0 heterocycles. The van der Waals surface area contributed by atoms with Crippen molar-refractivity contribution in [2.75, 3.05) is 13.1 Å². The molecule has 1 fully saturated rings. The summed E-state index contributed by atoms with van der Waals surface area (Å²) in [6, 6.07) is 6.11. The van der Waals surface area contributed by atoms with Gasteiger partial charge in [-0.2, -0.15) is 0 Å². The third-order valence-corrected chi connectivity index (χ3v) is 4.83. The lowest BCUT2D eigenvalue weighted by molar-refractivity contribution is 0.523. The molecule has 18 heavy (non-hydrogen) atoms. The minimum Gasteiger partial charge on any atom is -0.316 e. The average molecular weight is 286 g/mol. The van der Waals surface area contributed by atoms with E-state index < -0.39 is 0 Å². The maximum absolute atomic E-state index is 6.15. The second-order valence-electron chi connectivity index (χ2n) is 5.27. The van der Waals surface area contributed by atoms with Gasteiger partial charge in [0.1, 0.15) is 0 Å². The second kappa shape index (κ2) is 5.81. The first-order valence-corrected chi connectivity index (χ1v) is 7.56. The first-order chi connectivity index (χ1) is 8.64. The van der Waals surface area contributed by atoms with Crippen molar-refractivity contribution < 1.29 is 0 Å². The molecule has 1 aromatic rings. The highest BCUT2D eigenvalue weighted by atomic mass is 35.5. The molecular weight excluding hydrogens is 265 g/mol. The highest BCUT2D eigenvalue weighted by molar-refractivity contribution is 6.42. The van der Waals surface area contributed by atoms with Crippen LogP contribution in [0.2, 0.25) is 10.0 Å². The Morgan fingerprint density at radius 3 is 2.61 bits per heavy atom. The van der Waals surface area contributed by atoms with Gasteiger partial charge in [0.25, 0.3) is 0 Å². The molecule has 0 saturated heterocycles. The molecule has 1 N–H and O–H groups in total. The molecule has 1 saturated carbocycles. The molecule has 0 amide bonds. The zero-order valence-corrected chi connectivity index (χ0v) is 12.6. The number of rotatable bonds is 6. The SMILES string of the molecule is CCCNCC1(c2ccc(Cl)c(Cl)c2)CC1CC. The van der Waals surface area contributed by atoms with Crippen LogP contribution in [0.5, 0.6) is 0 Å². The van der Waals surface area contributed by atoms with Crippen molar-refractivity contribution in [3.05, 3.63) is 33.8 Å². The summed E-state index contributed by atoms with van der Waals surface area (Å²) in [5, 5.41) is 4.87. The summed E-state index contributed by atoms with van der Waals surface area (Å²) >= 11 is 12.1. The zero-order valence-electron chi connectivity index (χ0n) is 11.1. The molecule has 100 valence electrons. The summed E-state index contributed by atoms with van der Waals surface area (Å²) in [4.78, 5) is 0. The van der Waals surface area contributed by atoms with Crippen LogP contribution in [0.3, 0.4) is 0 Å². The molecule has 2 unspecified atom stereocenters. The summed E-state index contributed by atoms with van der Waals surface area (Å²) in [7, 11) is 0. The van der Waals surface area contributed by atoms with E-state index in [1.807, 2.05) is 12.1 Å². The van der Waals surface area contributed by atoms with E-state index in [-0.39, 0.29) is 5.41 Å². The number of benzene rings is 1. The summed E-state index contributed by atoms with van der Waals surface area (Å²) < 4.78 is 0. The minimum absolute atomic E-state index is 0.290. The van der Waals surface area contributed by atoms with Crippen LogP contribution in [0, 0.1) is 5.92 Å². The van der Waals surface area contributed by atoms with Crippen LogP contribution in [0.25, 0.3) is 0 Å². The quantitative estimate of drug-likeness (QED) is 0.750. The van der Waals surface area contributed by atoms with Gasteiger partial charge in [-0.15, -0.1) is 0 Å². The van der Waals surface area contributed by atoms with Gasteiger partial charge in [0.15, 0.2) is 0 Å². The maximum Gasteiger partial charge on any atom is 0.0595 e. The first kappa shape index (κ1) is 14.2. The number of halogens is 2. The Morgan fingerprint density at radius 1 is 1.28 bits per heavy atom. The van der Waals surface area contributed by atoms with Gasteiger partial charge < -0.3 is 5.32 Å². The monoisotopic (exact) mass is 285 g/mol. The van der Waals surface area contributed by atoms with Gasteiger partial charge >= 0.3 is 0 Å². The zero-order chi connectivity index (χ0) is 13.2. The van der Waals surface area contributed by atoms with Crippen LogP contribution in [-0.2, 0) is 5.41 Å². The van der Waals surface area contributed by atoms with Gasteiger partial charge in [-0.25, -0.2) is 0 Å². The van der Waals surface area contributed by atoms with Gasteiger partial charge in [0.05, 0.1) is 10.0 Å². The van der Waals surface area contributed by atoms with E-state index >= 15 is 0 Å². The molecule has 2 atom stereocenters. The van der Waals surface area contributed by atoms with Gasteiger partial charge in [-0.1, -0.05) is 49.5 Å². The predicted octanol–water partition coefficient (Wildman–Crippen LogP) is 4.66. The number of hydrogen-bond donors (Lipinski definition) is 1. The highest BCUT2D eigenvalue weighted by Crippen LogP contribution is 2.56. The van der Waals surface area contributed by atoms with E-state index in [2.05, 4.69) is 25.2 Å². The minimum atomic E-state index is 0.290. The molecule has 0 aliphatic heterocycles. The average Bonchev–Trinajstić information content (AvgIpc) is 3.08. The second-order valence-corrected chi connectivity index (χ2v) is 6.09. The largest absolute Gasteiger partial charge is 0.316 e. The van der Waals surface area contributed by atoms with Crippen molar-refractivity contribution >= 4 is 23.2 Å². The van der Waals surface area contributed by atoms with Crippen LogP contribution in [0.1, 0.15) is 38.7 Å². The number of hydrogen-bond acceptors (Lipinski definition) is 1. The van der Waals surface area contributed by atoms with Gasteiger partial charge in [0.2, 0.25) is 0 Å². The third-order valence-electron chi connectivity index (χ3n) is 4.09. The van der Waals surface area contributed by atoms with Crippen LogP contribution >= 0.6 is 23.2 Å². The molecule has 0 spiro atoms. The van der Waals surface area contributed by atoms with Crippen molar-refractivity contribution in [3.63, 3.8) is 0 Å². The Kier molecular flexibility index (Phi) is 4.58. The molecule has 0 bridgehead atoms. The van der Waals surface area contributed by atoms with E-state index in [0.29, 0.717) is 10.0 Å². The smallest absolute Gasteiger partial charge is 0.0595 e.